The summed E-state index contributed by atoms with van der Waals surface area (Å²) in [5.41, 5.74) is 2.66. The Labute approximate surface area is 109 Å². The van der Waals surface area contributed by atoms with Crippen LogP contribution in [0.3, 0.4) is 0 Å². The van der Waals surface area contributed by atoms with Crippen LogP contribution in [0.5, 0.6) is 0 Å². The molecule has 1 heterocycles. The van der Waals surface area contributed by atoms with Gasteiger partial charge in [0.25, 0.3) is 0 Å². The highest BCUT2D eigenvalue weighted by Gasteiger charge is 2.02. The SMILES string of the molecule is CCCNCc1cccc(Cc2nccn2C)c1. The Bertz CT molecular complexity index is 488. The maximum atomic E-state index is 4.36. The van der Waals surface area contributed by atoms with Crippen molar-refractivity contribution in [2.45, 2.75) is 26.3 Å². The van der Waals surface area contributed by atoms with Gasteiger partial charge in [-0.05, 0) is 24.1 Å². The molecule has 18 heavy (non-hydrogen) atoms. The lowest BCUT2D eigenvalue weighted by Crippen LogP contribution is -2.13. The molecule has 0 saturated carbocycles. The fraction of sp³-hybridized carbons (Fsp3) is 0.400. The average Bonchev–Trinajstić information content (AvgIpc) is 2.76. The number of benzene rings is 1. The molecule has 0 atom stereocenters. The lowest BCUT2D eigenvalue weighted by Gasteiger charge is -2.06. The first kappa shape index (κ1) is 12.8. The smallest absolute Gasteiger partial charge is 0.112 e. The van der Waals surface area contributed by atoms with Crippen molar-refractivity contribution in [3.63, 3.8) is 0 Å². The summed E-state index contributed by atoms with van der Waals surface area (Å²) in [6.07, 6.45) is 5.90. The Morgan fingerprint density at radius 3 is 2.83 bits per heavy atom. The summed E-state index contributed by atoms with van der Waals surface area (Å²) in [5.74, 6) is 1.11. The highest BCUT2D eigenvalue weighted by molar-refractivity contribution is 5.26. The Morgan fingerprint density at radius 1 is 1.28 bits per heavy atom. The van der Waals surface area contributed by atoms with E-state index in [1.165, 1.54) is 17.5 Å². The monoisotopic (exact) mass is 243 g/mol. The van der Waals surface area contributed by atoms with Gasteiger partial charge in [-0.25, -0.2) is 4.98 Å². The van der Waals surface area contributed by atoms with E-state index in [1.807, 2.05) is 19.4 Å². The molecular weight excluding hydrogens is 222 g/mol. The van der Waals surface area contributed by atoms with Crippen molar-refractivity contribution >= 4 is 0 Å². The van der Waals surface area contributed by atoms with Crippen molar-refractivity contribution in [1.82, 2.24) is 14.9 Å². The van der Waals surface area contributed by atoms with Crippen LogP contribution in [-0.4, -0.2) is 16.1 Å². The first-order valence-corrected chi connectivity index (χ1v) is 6.54. The van der Waals surface area contributed by atoms with Crippen LogP contribution in [0.2, 0.25) is 0 Å². The zero-order chi connectivity index (χ0) is 12.8. The number of hydrogen-bond acceptors (Lipinski definition) is 2. The third-order valence-electron chi connectivity index (χ3n) is 3.03. The summed E-state index contributed by atoms with van der Waals surface area (Å²) in [6.45, 7) is 4.20. The van der Waals surface area contributed by atoms with E-state index in [2.05, 4.69) is 46.1 Å². The van der Waals surface area contributed by atoms with Crippen LogP contribution in [-0.2, 0) is 20.0 Å². The van der Waals surface area contributed by atoms with E-state index in [9.17, 15) is 0 Å². The maximum Gasteiger partial charge on any atom is 0.112 e. The lowest BCUT2D eigenvalue weighted by atomic mass is 10.1. The molecule has 0 saturated heterocycles. The standard InChI is InChI=1S/C15H21N3/c1-3-7-16-12-14-6-4-5-13(10-14)11-15-17-8-9-18(15)2/h4-6,8-10,16H,3,7,11-12H2,1-2H3. The Balaban J connectivity index is 2.01. The normalized spacial score (nSPS) is 10.8. The molecule has 3 heteroatoms. The molecule has 3 nitrogen and oxygen atoms in total. The van der Waals surface area contributed by atoms with Crippen molar-refractivity contribution in [3.05, 3.63) is 53.6 Å². The Kier molecular flexibility index (Phi) is 4.53. The second-order valence-corrected chi connectivity index (χ2v) is 4.63. The number of imidazole rings is 1. The van der Waals surface area contributed by atoms with Crippen molar-refractivity contribution in [1.29, 1.82) is 0 Å². The molecule has 0 radical (unpaired) electrons. The molecule has 2 rings (SSSR count). The van der Waals surface area contributed by atoms with Gasteiger partial charge in [-0.1, -0.05) is 31.2 Å². The second-order valence-electron chi connectivity index (χ2n) is 4.63. The molecule has 2 aromatic rings. The quantitative estimate of drug-likeness (QED) is 0.790. The summed E-state index contributed by atoms with van der Waals surface area (Å²) in [5, 5.41) is 3.43. The van der Waals surface area contributed by atoms with Crippen molar-refractivity contribution < 1.29 is 0 Å². The van der Waals surface area contributed by atoms with Gasteiger partial charge in [0.15, 0.2) is 0 Å². The third kappa shape index (κ3) is 3.44. The van der Waals surface area contributed by atoms with Gasteiger partial charge in [0.2, 0.25) is 0 Å². The number of aromatic nitrogens is 2. The Hall–Kier alpha value is -1.61. The fourth-order valence-corrected chi connectivity index (χ4v) is 2.01. The van der Waals surface area contributed by atoms with Crippen molar-refractivity contribution in [3.8, 4) is 0 Å². The molecule has 0 spiro atoms. The molecule has 0 aliphatic rings. The van der Waals surface area contributed by atoms with Crippen LogP contribution in [0.1, 0.15) is 30.3 Å². The molecule has 0 unspecified atom stereocenters. The zero-order valence-electron chi connectivity index (χ0n) is 11.2. The van der Waals surface area contributed by atoms with E-state index in [-0.39, 0.29) is 0 Å². The highest BCUT2D eigenvalue weighted by Crippen LogP contribution is 2.10. The van der Waals surface area contributed by atoms with E-state index in [1.54, 1.807) is 0 Å². The zero-order valence-corrected chi connectivity index (χ0v) is 11.2. The molecular formula is C15H21N3. The number of hydrogen-bond donors (Lipinski definition) is 1. The number of aryl methyl sites for hydroxylation is 1. The average molecular weight is 243 g/mol. The van der Waals surface area contributed by atoms with E-state index in [0.717, 1.165) is 25.3 Å². The molecule has 96 valence electrons. The van der Waals surface area contributed by atoms with Gasteiger partial charge in [-0.2, -0.15) is 0 Å². The van der Waals surface area contributed by atoms with Gasteiger partial charge in [0.1, 0.15) is 5.82 Å². The molecule has 0 fully saturated rings. The molecule has 0 aliphatic heterocycles. The molecule has 0 aliphatic carbocycles. The topological polar surface area (TPSA) is 29.9 Å². The molecule has 0 amide bonds. The van der Waals surface area contributed by atoms with Gasteiger partial charge in [-0.3, -0.25) is 0 Å². The minimum absolute atomic E-state index is 0.894. The van der Waals surface area contributed by atoms with Crippen LogP contribution in [0.15, 0.2) is 36.7 Å². The van der Waals surface area contributed by atoms with E-state index in [4.69, 9.17) is 0 Å². The number of nitrogens with one attached hydrogen (secondary N) is 1. The van der Waals surface area contributed by atoms with E-state index >= 15 is 0 Å². The largest absolute Gasteiger partial charge is 0.338 e. The minimum atomic E-state index is 0.894. The minimum Gasteiger partial charge on any atom is -0.338 e. The van der Waals surface area contributed by atoms with E-state index in [0.29, 0.717) is 0 Å². The summed E-state index contributed by atoms with van der Waals surface area (Å²) in [4.78, 5) is 4.36. The van der Waals surface area contributed by atoms with Crippen LogP contribution in [0.4, 0.5) is 0 Å². The lowest BCUT2D eigenvalue weighted by molar-refractivity contribution is 0.675. The van der Waals surface area contributed by atoms with Crippen LogP contribution < -0.4 is 5.32 Å². The molecule has 1 aromatic heterocycles. The number of nitrogens with zero attached hydrogens (tertiary/aromatic N) is 2. The van der Waals surface area contributed by atoms with E-state index < -0.39 is 0 Å². The first-order chi connectivity index (χ1) is 8.79. The summed E-state index contributed by atoms with van der Waals surface area (Å²) in [6, 6.07) is 8.72. The van der Waals surface area contributed by atoms with Crippen molar-refractivity contribution in [2.24, 2.45) is 7.05 Å². The van der Waals surface area contributed by atoms with Gasteiger partial charge < -0.3 is 9.88 Å². The highest BCUT2D eigenvalue weighted by atomic mass is 15.0. The summed E-state index contributed by atoms with van der Waals surface area (Å²) >= 11 is 0. The first-order valence-electron chi connectivity index (χ1n) is 6.54. The van der Waals surface area contributed by atoms with Crippen LogP contribution in [0, 0.1) is 0 Å². The van der Waals surface area contributed by atoms with Gasteiger partial charge in [0.05, 0.1) is 0 Å². The predicted molar refractivity (Wildman–Crippen MR) is 74.5 cm³/mol. The number of rotatable bonds is 6. The predicted octanol–water partition coefficient (Wildman–Crippen LogP) is 2.51. The second kappa shape index (κ2) is 6.36. The van der Waals surface area contributed by atoms with Crippen LogP contribution in [0.25, 0.3) is 0 Å². The van der Waals surface area contributed by atoms with Gasteiger partial charge >= 0.3 is 0 Å². The van der Waals surface area contributed by atoms with Gasteiger partial charge in [-0.15, -0.1) is 0 Å². The van der Waals surface area contributed by atoms with Gasteiger partial charge in [0, 0.05) is 32.4 Å². The fourth-order valence-electron chi connectivity index (χ4n) is 2.01. The molecule has 1 N–H and O–H groups in total. The summed E-state index contributed by atoms with van der Waals surface area (Å²) in [7, 11) is 2.04. The summed E-state index contributed by atoms with van der Waals surface area (Å²) < 4.78 is 2.07. The third-order valence-corrected chi connectivity index (χ3v) is 3.03. The molecule has 1 aromatic carbocycles. The van der Waals surface area contributed by atoms with Crippen molar-refractivity contribution in [2.75, 3.05) is 6.54 Å². The maximum absolute atomic E-state index is 4.36. The van der Waals surface area contributed by atoms with Crippen LogP contribution >= 0.6 is 0 Å². The molecule has 0 bridgehead atoms. The Morgan fingerprint density at radius 2 is 2.11 bits per heavy atom.